The fraction of sp³-hybridized carbons (Fsp3) is 0. The van der Waals surface area contributed by atoms with Crippen molar-refractivity contribution in [2.45, 2.75) is 0 Å². The number of nitrogens with two attached hydrogens (primary N) is 4. The number of rotatable bonds is 3. The Morgan fingerprint density at radius 1 is 1.06 bits per heavy atom. The molecule has 0 bridgehead atoms. The van der Waals surface area contributed by atoms with Gasteiger partial charge >= 0.3 is 12.1 Å². The standard InChI is InChI=1S/C10H14N6O2/c1-2-6-3-4-7(15(13)9(11)17)8(5-6)16(14)10(12)18/h2-5H,1,13-14H2,(H2,11,17)(H2,12,18). The van der Waals surface area contributed by atoms with Gasteiger partial charge in [-0.2, -0.15) is 0 Å². The molecule has 8 N–H and O–H groups in total. The molecule has 0 aliphatic carbocycles. The Kier molecular flexibility index (Phi) is 3.87. The van der Waals surface area contributed by atoms with Gasteiger partial charge in [0.2, 0.25) is 0 Å². The maximum atomic E-state index is 11.1. The zero-order valence-corrected chi connectivity index (χ0v) is 9.54. The maximum absolute atomic E-state index is 11.1. The zero-order valence-electron chi connectivity index (χ0n) is 9.54. The summed E-state index contributed by atoms with van der Waals surface area (Å²) in [5, 5.41) is 1.32. The molecule has 1 aromatic rings. The summed E-state index contributed by atoms with van der Waals surface area (Å²) in [5.74, 6) is 11.0. The van der Waals surface area contributed by atoms with Crippen molar-refractivity contribution in [2.75, 3.05) is 10.0 Å². The molecule has 0 unspecified atom stereocenters. The van der Waals surface area contributed by atoms with Gasteiger partial charge < -0.3 is 11.5 Å². The second-order valence-electron chi connectivity index (χ2n) is 3.37. The van der Waals surface area contributed by atoms with Crippen molar-refractivity contribution in [1.29, 1.82) is 0 Å². The van der Waals surface area contributed by atoms with E-state index in [2.05, 4.69) is 6.58 Å². The molecule has 0 aromatic heterocycles. The largest absolute Gasteiger partial charge is 0.350 e. The van der Waals surface area contributed by atoms with Gasteiger partial charge in [0, 0.05) is 0 Å². The van der Waals surface area contributed by atoms with Gasteiger partial charge in [-0.05, 0) is 17.7 Å². The number of hydrazine groups is 2. The molecule has 0 spiro atoms. The number of hydrogen-bond donors (Lipinski definition) is 4. The summed E-state index contributed by atoms with van der Waals surface area (Å²) >= 11 is 0. The molecular formula is C10H14N6O2. The van der Waals surface area contributed by atoms with Gasteiger partial charge in [0.15, 0.2) is 0 Å². The fourth-order valence-corrected chi connectivity index (χ4v) is 1.30. The van der Waals surface area contributed by atoms with E-state index in [0.717, 1.165) is 0 Å². The van der Waals surface area contributed by atoms with Gasteiger partial charge in [0.1, 0.15) is 0 Å². The van der Waals surface area contributed by atoms with Crippen LogP contribution < -0.4 is 33.2 Å². The molecule has 0 radical (unpaired) electrons. The van der Waals surface area contributed by atoms with Crippen LogP contribution in [0.2, 0.25) is 0 Å². The average molecular weight is 250 g/mol. The van der Waals surface area contributed by atoms with Crippen LogP contribution in [0.1, 0.15) is 5.56 Å². The lowest BCUT2D eigenvalue weighted by Gasteiger charge is -2.22. The summed E-state index contributed by atoms with van der Waals surface area (Å²) in [6.45, 7) is 3.57. The zero-order chi connectivity index (χ0) is 13.9. The monoisotopic (exact) mass is 250 g/mol. The molecule has 18 heavy (non-hydrogen) atoms. The predicted molar refractivity (Wildman–Crippen MR) is 69.0 cm³/mol. The Morgan fingerprint density at radius 3 is 2.00 bits per heavy atom. The molecule has 8 heteroatoms. The summed E-state index contributed by atoms with van der Waals surface area (Å²) in [4.78, 5) is 22.1. The second-order valence-corrected chi connectivity index (χ2v) is 3.37. The molecule has 0 aliphatic heterocycles. The highest BCUT2D eigenvalue weighted by Crippen LogP contribution is 2.28. The third-order valence-electron chi connectivity index (χ3n) is 2.23. The van der Waals surface area contributed by atoms with E-state index in [4.69, 9.17) is 23.2 Å². The average Bonchev–Trinajstić information content (AvgIpc) is 2.35. The van der Waals surface area contributed by atoms with E-state index in [1.807, 2.05) is 0 Å². The van der Waals surface area contributed by atoms with E-state index in [-0.39, 0.29) is 11.4 Å². The fourth-order valence-electron chi connectivity index (χ4n) is 1.30. The van der Waals surface area contributed by atoms with Gasteiger partial charge in [0.05, 0.1) is 11.4 Å². The predicted octanol–water partition coefficient (Wildman–Crippen LogP) is -0.153. The van der Waals surface area contributed by atoms with E-state index in [1.54, 1.807) is 6.07 Å². The molecule has 8 nitrogen and oxygen atoms in total. The lowest BCUT2D eigenvalue weighted by Crippen LogP contribution is -2.46. The number of primary amides is 2. The van der Waals surface area contributed by atoms with Crippen molar-refractivity contribution in [3.05, 3.63) is 30.3 Å². The first-order chi connectivity index (χ1) is 8.38. The number of urea groups is 2. The molecule has 0 atom stereocenters. The third-order valence-corrected chi connectivity index (χ3v) is 2.23. The van der Waals surface area contributed by atoms with Crippen LogP contribution in [-0.2, 0) is 0 Å². The Balaban J connectivity index is 3.37. The molecule has 0 aliphatic rings. The maximum Gasteiger partial charge on any atom is 0.333 e. The lowest BCUT2D eigenvalue weighted by molar-refractivity contribution is 0.252. The molecule has 96 valence electrons. The van der Waals surface area contributed by atoms with Crippen LogP contribution >= 0.6 is 0 Å². The molecule has 0 saturated carbocycles. The number of carbonyl (C=O) groups is 2. The molecule has 4 amide bonds. The first-order valence-electron chi connectivity index (χ1n) is 4.83. The number of amides is 4. The van der Waals surface area contributed by atoms with Gasteiger partial charge in [0.25, 0.3) is 0 Å². The highest BCUT2D eigenvalue weighted by molar-refractivity contribution is 5.99. The van der Waals surface area contributed by atoms with E-state index in [0.29, 0.717) is 15.6 Å². The van der Waals surface area contributed by atoms with E-state index >= 15 is 0 Å². The van der Waals surface area contributed by atoms with Crippen LogP contribution in [0.4, 0.5) is 21.0 Å². The van der Waals surface area contributed by atoms with Gasteiger partial charge in [-0.25, -0.2) is 31.3 Å². The van der Waals surface area contributed by atoms with Crippen molar-refractivity contribution in [3.63, 3.8) is 0 Å². The van der Waals surface area contributed by atoms with Gasteiger partial charge in [-0.1, -0.05) is 18.7 Å². The minimum absolute atomic E-state index is 0.140. The first kappa shape index (κ1) is 13.5. The minimum atomic E-state index is -0.907. The van der Waals surface area contributed by atoms with Crippen LogP contribution in [0.15, 0.2) is 24.8 Å². The van der Waals surface area contributed by atoms with Crippen LogP contribution in [-0.4, -0.2) is 12.1 Å². The molecular weight excluding hydrogens is 236 g/mol. The van der Waals surface area contributed by atoms with Crippen LogP contribution in [0.5, 0.6) is 0 Å². The summed E-state index contributed by atoms with van der Waals surface area (Å²) in [6.07, 6.45) is 1.53. The van der Waals surface area contributed by atoms with E-state index in [1.165, 1.54) is 18.2 Å². The highest BCUT2D eigenvalue weighted by atomic mass is 16.2. The minimum Gasteiger partial charge on any atom is -0.350 e. The smallest absolute Gasteiger partial charge is 0.333 e. The molecule has 1 rings (SSSR count). The molecule has 0 fully saturated rings. The first-order valence-corrected chi connectivity index (χ1v) is 4.83. The topological polar surface area (TPSA) is 145 Å². The number of anilines is 2. The number of benzene rings is 1. The number of hydrogen-bond acceptors (Lipinski definition) is 4. The highest BCUT2D eigenvalue weighted by Gasteiger charge is 2.18. The van der Waals surface area contributed by atoms with Gasteiger partial charge in [-0.3, -0.25) is 0 Å². The van der Waals surface area contributed by atoms with E-state index in [9.17, 15) is 9.59 Å². The number of nitrogens with zero attached hydrogens (tertiary/aromatic N) is 2. The third kappa shape index (κ3) is 2.56. The Morgan fingerprint density at radius 2 is 1.56 bits per heavy atom. The summed E-state index contributed by atoms with van der Waals surface area (Å²) in [7, 11) is 0. The summed E-state index contributed by atoms with van der Waals surface area (Å²) in [6, 6.07) is 2.79. The van der Waals surface area contributed by atoms with Crippen molar-refractivity contribution in [2.24, 2.45) is 23.2 Å². The number of carbonyl (C=O) groups excluding carboxylic acids is 2. The van der Waals surface area contributed by atoms with E-state index < -0.39 is 12.1 Å². The van der Waals surface area contributed by atoms with Crippen LogP contribution in [0.25, 0.3) is 6.08 Å². The Hall–Kier alpha value is -2.58. The van der Waals surface area contributed by atoms with Crippen molar-refractivity contribution >= 4 is 29.5 Å². The SMILES string of the molecule is C=Cc1ccc(N(N)C(N)=O)c(N(N)C(N)=O)c1. The summed E-state index contributed by atoms with van der Waals surface area (Å²) < 4.78 is 0. The molecule has 1 aromatic carbocycles. The van der Waals surface area contributed by atoms with Crippen molar-refractivity contribution in [3.8, 4) is 0 Å². The summed E-state index contributed by atoms with van der Waals surface area (Å²) in [5.41, 5.74) is 11.1. The normalized spacial score (nSPS) is 9.67. The lowest BCUT2D eigenvalue weighted by atomic mass is 10.1. The Labute approximate surface area is 103 Å². The van der Waals surface area contributed by atoms with Gasteiger partial charge in [-0.15, -0.1) is 0 Å². The Bertz CT molecular complexity index is 501. The van der Waals surface area contributed by atoms with Crippen molar-refractivity contribution < 1.29 is 9.59 Å². The molecule has 0 heterocycles. The van der Waals surface area contributed by atoms with Crippen LogP contribution in [0, 0.1) is 0 Å². The molecule has 0 saturated heterocycles. The second kappa shape index (κ2) is 5.17. The quantitative estimate of drug-likeness (QED) is 0.335. The van der Waals surface area contributed by atoms with Crippen LogP contribution in [0.3, 0.4) is 0 Å². The van der Waals surface area contributed by atoms with Crippen molar-refractivity contribution in [1.82, 2.24) is 0 Å².